The lowest BCUT2D eigenvalue weighted by atomic mass is 9.99. The molecular formula is C12H24O. The quantitative estimate of drug-likeness (QED) is 0.545. The molecule has 0 heterocycles. The lowest BCUT2D eigenvalue weighted by Gasteiger charge is -2.25. The molecule has 0 rings (SSSR count). The summed E-state index contributed by atoms with van der Waals surface area (Å²) < 4.78 is 5.73. The van der Waals surface area contributed by atoms with E-state index in [4.69, 9.17) is 4.74 Å². The molecule has 0 aromatic carbocycles. The third-order valence-electron chi connectivity index (χ3n) is 2.08. The average molecular weight is 184 g/mol. The van der Waals surface area contributed by atoms with Crippen LogP contribution in [0.2, 0.25) is 0 Å². The van der Waals surface area contributed by atoms with Gasteiger partial charge in [0.2, 0.25) is 0 Å². The molecule has 0 saturated heterocycles. The zero-order chi connectivity index (χ0) is 10.3. The predicted molar refractivity (Wildman–Crippen MR) is 59.0 cm³/mol. The van der Waals surface area contributed by atoms with Crippen molar-refractivity contribution in [2.75, 3.05) is 6.61 Å². The van der Waals surface area contributed by atoms with Crippen LogP contribution >= 0.6 is 0 Å². The molecule has 0 spiro atoms. The second-order valence-electron chi connectivity index (χ2n) is 4.42. The Balaban J connectivity index is 3.56. The van der Waals surface area contributed by atoms with Crippen molar-refractivity contribution >= 4 is 0 Å². The van der Waals surface area contributed by atoms with Crippen molar-refractivity contribution in [2.24, 2.45) is 0 Å². The summed E-state index contributed by atoms with van der Waals surface area (Å²) in [7, 11) is 0. The van der Waals surface area contributed by atoms with Gasteiger partial charge in [-0.25, -0.2) is 0 Å². The van der Waals surface area contributed by atoms with Crippen LogP contribution in [0.3, 0.4) is 0 Å². The van der Waals surface area contributed by atoms with E-state index in [1.807, 2.05) is 0 Å². The average Bonchev–Trinajstić information content (AvgIpc) is 2.00. The van der Waals surface area contributed by atoms with Crippen molar-refractivity contribution in [3.63, 3.8) is 0 Å². The monoisotopic (exact) mass is 184 g/mol. The molecule has 0 aliphatic carbocycles. The molecule has 0 N–H and O–H groups in total. The first-order chi connectivity index (χ1) is 5.98. The highest BCUT2D eigenvalue weighted by atomic mass is 16.5. The van der Waals surface area contributed by atoms with Crippen molar-refractivity contribution in [3.8, 4) is 0 Å². The van der Waals surface area contributed by atoms with Gasteiger partial charge in [0.15, 0.2) is 0 Å². The molecule has 0 aromatic heterocycles. The fourth-order valence-corrected chi connectivity index (χ4v) is 1.27. The van der Waals surface area contributed by atoms with Gasteiger partial charge in [0.05, 0.1) is 5.60 Å². The third kappa shape index (κ3) is 8.04. The van der Waals surface area contributed by atoms with Crippen LogP contribution in [-0.2, 0) is 4.74 Å². The number of ether oxygens (including phenoxy) is 1. The van der Waals surface area contributed by atoms with Crippen molar-refractivity contribution in [1.29, 1.82) is 0 Å². The Kier molecular flexibility index (Phi) is 6.06. The zero-order valence-corrected chi connectivity index (χ0v) is 9.65. The van der Waals surface area contributed by atoms with E-state index in [0.717, 1.165) is 25.9 Å². The summed E-state index contributed by atoms with van der Waals surface area (Å²) in [4.78, 5) is 0. The van der Waals surface area contributed by atoms with Gasteiger partial charge in [-0.1, -0.05) is 12.5 Å². The van der Waals surface area contributed by atoms with E-state index >= 15 is 0 Å². The highest BCUT2D eigenvalue weighted by Gasteiger charge is 2.16. The minimum Gasteiger partial charge on any atom is -0.376 e. The topological polar surface area (TPSA) is 9.23 Å². The molecule has 0 saturated carbocycles. The summed E-state index contributed by atoms with van der Waals surface area (Å²) in [6.07, 6.45) is 4.54. The van der Waals surface area contributed by atoms with Gasteiger partial charge in [0.25, 0.3) is 0 Å². The minimum absolute atomic E-state index is 0.0471. The molecular weight excluding hydrogens is 160 g/mol. The standard InChI is InChI=1S/C12H24O/c1-6-10-13-12(4,5)9-7-8-11(2)3/h2,6-10H2,1,3-5H3. The summed E-state index contributed by atoms with van der Waals surface area (Å²) in [5.74, 6) is 0. The van der Waals surface area contributed by atoms with Gasteiger partial charge >= 0.3 is 0 Å². The highest BCUT2D eigenvalue weighted by molar-refractivity contribution is 4.88. The number of hydrogen-bond acceptors (Lipinski definition) is 1. The number of hydrogen-bond donors (Lipinski definition) is 0. The van der Waals surface area contributed by atoms with Crippen LogP contribution in [-0.4, -0.2) is 12.2 Å². The Morgan fingerprint density at radius 2 is 2.00 bits per heavy atom. The van der Waals surface area contributed by atoms with Crippen LogP contribution in [0.4, 0.5) is 0 Å². The molecule has 0 aliphatic heterocycles. The first kappa shape index (κ1) is 12.7. The Hall–Kier alpha value is -0.300. The minimum atomic E-state index is 0.0471. The summed E-state index contributed by atoms with van der Waals surface area (Å²) in [6, 6.07) is 0. The molecule has 1 heteroatoms. The van der Waals surface area contributed by atoms with Crippen LogP contribution in [0.25, 0.3) is 0 Å². The molecule has 0 radical (unpaired) electrons. The second-order valence-corrected chi connectivity index (χ2v) is 4.42. The van der Waals surface area contributed by atoms with E-state index in [9.17, 15) is 0 Å². The molecule has 0 aliphatic rings. The maximum Gasteiger partial charge on any atom is 0.0626 e. The Labute approximate surface area is 83.2 Å². The first-order valence-electron chi connectivity index (χ1n) is 5.26. The fraction of sp³-hybridized carbons (Fsp3) is 0.833. The van der Waals surface area contributed by atoms with Gasteiger partial charge in [-0.05, 0) is 46.5 Å². The summed E-state index contributed by atoms with van der Waals surface area (Å²) in [5.41, 5.74) is 1.32. The second kappa shape index (κ2) is 6.20. The van der Waals surface area contributed by atoms with Crippen LogP contribution in [0.1, 0.15) is 53.4 Å². The molecule has 0 atom stereocenters. The SMILES string of the molecule is C=C(C)CCCC(C)(C)OCCC. The summed E-state index contributed by atoms with van der Waals surface area (Å²) in [6.45, 7) is 13.3. The molecule has 78 valence electrons. The van der Waals surface area contributed by atoms with E-state index in [1.165, 1.54) is 12.0 Å². The third-order valence-corrected chi connectivity index (χ3v) is 2.08. The lowest BCUT2D eigenvalue weighted by molar-refractivity contribution is -0.0241. The van der Waals surface area contributed by atoms with Gasteiger partial charge in [0, 0.05) is 6.61 Å². The molecule has 0 bridgehead atoms. The molecule has 1 nitrogen and oxygen atoms in total. The Morgan fingerprint density at radius 3 is 2.46 bits per heavy atom. The largest absolute Gasteiger partial charge is 0.376 e. The normalized spacial score (nSPS) is 11.7. The Morgan fingerprint density at radius 1 is 1.38 bits per heavy atom. The van der Waals surface area contributed by atoms with E-state index < -0.39 is 0 Å². The van der Waals surface area contributed by atoms with Crippen LogP contribution in [0, 0.1) is 0 Å². The van der Waals surface area contributed by atoms with Gasteiger partial charge in [-0.2, -0.15) is 0 Å². The maximum absolute atomic E-state index is 5.73. The van der Waals surface area contributed by atoms with Crippen molar-refractivity contribution < 1.29 is 4.74 Å². The van der Waals surface area contributed by atoms with Gasteiger partial charge in [-0.15, -0.1) is 6.58 Å². The summed E-state index contributed by atoms with van der Waals surface area (Å²) in [5, 5.41) is 0. The molecule has 0 unspecified atom stereocenters. The summed E-state index contributed by atoms with van der Waals surface area (Å²) >= 11 is 0. The molecule has 0 aromatic rings. The van der Waals surface area contributed by atoms with E-state index in [-0.39, 0.29) is 5.60 Å². The molecule has 13 heavy (non-hydrogen) atoms. The van der Waals surface area contributed by atoms with E-state index in [2.05, 4.69) is 34.3 Å². The van der Waals surface area contributed by atoms with Crippen molar-refractivity contribution in [1.82, 2.24) is 0 Å². The van der Waals surface area contributed by atoms with Gasteiger partial charge in [0.1, 0.15) is 0 Å². The fourth-order valence-electron chi connectivity index (χ4n) is 1.27. The van der Waals surface area contributed by atoms with Crippen LogP contribution in [0.15, 0.2) is 12.2 Å². The van der Waals surface area contributed by atoms with E-state index in [1.54, 1.807) is 0 Å². The molecule has 0 fully saturated rings. The first-order valence-corrected chi connectivity index (χ1v) is 5.26. The Bertz CT molecular complexity index is 147. The predicted octanol–water partition coefficient (Wildman–Crippen LogP) is 3.94. The highest BCUT2D eigenvalue weighted by Crippen LogP contribution is 2.19. The van der Waals surface area contributed by atoms with Crippen LogP contribution in [0.5, 0.6) is 0 Å². The maximum atomic E-state index is 5.73. The van der Waals surface area contributed by atoms with Gasteiger partial charge in [-0.3, -0.25) is 0 Å². The van der Waals surface area contributed by atoms with Crippen LogP contribution < -0.4 is 0 Å². The number of allylic oxidation sites excluding steroid dienone is 1. The van der Waals surface area contributed by atoms with Crippen molar-refractivity contribution in [2.45, 2.75) is 59.0 Å². The number of rotatable bonds is 7. The van der Waals surface area contributed by atoms with Gasteiger partial charge < -0.3 is 4.74 Å². The zero-order valence-electron chi connectivity index (χ0n) is 9.65. The van der Waals surface area contributed by atoms with E-state index in [0.29, 0.717) is 0 Å². The molecule has 0 amide bonds. The lowest BCUT2D eigenvalue weighted by Crippen LogP contribution is -2.24. The van der Waals surface area contributed by atoms with Crippen molar-refractivity contribution in [3.05, 3.63) is 12.2 Å². The smallest absolute Gasteiger partial charge is 0.0626 e.